The molecule has 1 aromatic rings. The van der Waals surface area contributed by atoms with E-state index in [4.69, 9.17) is 10.5 Å². The molecule has 0 aliphatic heterocycles. The van der Waals surface area contributed by atoms with Crippen molar-refractivity contribution in [3.8, 4) is 5.75 Å². The summed E-state index contributed by atoms with van der Waals surface area (Å²) in [6.45, 7) is 2.14. The summed E-state index contributed by atoms with van der Waals surface area (Å²) < 4.78 is 18.4. The first-order chi connectivity index (χ1) is 8.17. The van der Waals surface area contributed by atoms with Crippen molar-refractivity contribution in [3.05, 3.63) is 28.2 Å². The molecule has 0 radical (unpaired) electrons. The van der Waals surface area contributed by atoms with E-state index in [-0.39, 0.29) is 12.7 Å². The molecule has 2 nitrogen and oxygen atoms in total. The fourth-order valence-electron chi connectivity index (χ4n) is 1.47. The second-order valence-corrected chi connectivity index (χ2v) is 4.87. The van der Waals surface area contributed by atoms with Gasteiger partial charge in [0.05, 0.1) is 13.3 Å². The Kier molecular flexibility index (Phi) is 6.52. The Bertz CT molecular complexity index is 346. The SMILES string of the molecule is CCC(N)Cc1cc(OCCCF)ccc1Br. The molecule has 1 rings (SSSR count). The molecule has 0 amide bonds. The van der Waals surface area contributed by atoms with Crippen LogP contribution in [0.5, 0.6) is 5.75 Å². The van der Waals surface area contributed by atoms with Gasteiger partial charge in [0.25, 0.3) is 0 Å². The van der Waals surface area contributed by atoms with E-state index in [0.29, 0.717) is 13.0 Å². The lowest BCUT2D eigenvalue weighted by molar-refractivity contribution is 0.289. The van der Waals surface area contributed by atoms with Crippen LogP contribution in [-0.2, 0) is 6.42 Å². The average molecular weight is 304 g/mol. The van der Waals surface area contributed by atoms with E-state index in [1.165, 1.54) is 0 Å². The Hall–Kier alpha value is -0.610. The minimum atomic E-state index is -0.343. The first kappa shape index (κ1) is 14.5. The summed E-state index contributed by atoms with van der Waals surface area (Å²) in [4.78, 5) is 0. The zero-order valence-corrected chi connectivity index (χ0v) is 11.7. The van der Waals surface area contributed by atoms with Gasteiger partial charge in [-0.15, -0.1) is 0 Å². The van der Waals surface area contributed by atoms with Gasteiger partial charge in [-0.3, -0.25) is 4.39 Å². The molecule has 1 atom stereocenters. The fourth-order valence-corrected chi connectivity index (χ4v) is 1.88. The number of hydrogen-bond acceptors (Lipinski definition) is 2. The van der Waals surface area contributed by atoms with Crippen LogP contribution in [0.15, 0.2) is 22.7 Å². The molecular formula is C13H19BrFNO. The second-order valence-electron chi connectivity index (χ2n) is 4.02. The lowest BCUT2D eigenvalue weighted by Gasteiger charge is -2.12. The van der Waals surface area contributed by atoms with E-state index in [9.17, 15) is 4.39 Å². The van der Waals surface area contributed by atoms with E-state index >= 15 is 0 Å². The molecule has 17 heavy (non-hydrogen) atoms. The lowest BCUT2D eigenvalue weighted by Crippen LogP contribution is -2.21. The highest BCUT2D eigenvalue weighted by atomic mass is 79.9. The monoisotopic (exact) mass is 303 g/mol. The molecule has 2 N–H and O–H groups in total. The Morgan fingerprint density at radius 3 is 2.88 bits per heavy atom. The molecule has 0 saturated heterocycles. The van der Waals surface area contributed by atoms with E-state index in [1.807, 2.05) is 18.2 Å². The van der Waals surface area contributed by atoms with Crippen molar-refractivity contribution in [2.24, 2.45) is 5.73 Å². The summed E-state index contributed by atoms with van der Waals surface area (Å²) in [5, 5.41) is 0. The summed E-state index contributed by atoms with van der Waals surface area (Å²) >= 11 is 3.50. The predicted molar refractivity (Wildman–Crippen MR) is 72.2 cm³/mol. The maximum absolute atomic E-state index is 12.0. The molecule has 0 spiro atoms. The van der Waals surface area contributed by atoms with Gasteiger partial charge in [-0.05, 0) is 36.6 Å². The number of benzene rings is 1. The Balaban J connectivity index is 2.65. The third kappa shape index (κ3) is 5.04. The molecule has 4 heteroatoms. The van der Waals surface area contributed by atoms with Crippen LogP contribution in [0.1, 0.15) is 25.3 Å². The van der Waals surface area contributed by atoms with Gasteiger partial charge in [0.15, 0.2) is 0 Å². The zero-order valence-electron chi connectivity index (χ0n) is 10.1. The molecule has 0 bridgehead atoms. The van der Waals surface area contributed by atoms with Gasteiger partial charge in [-0.2, -0.15) is 0 Å². The number of halogens is 2. The fraction of sp³-hybridized carbons (Fsp3) is 0.538. The molecule has 0 saturated carbocycles. The van der Waals surface area contributed by atoms with Crippen LogP contribution >= 0.6 is 15.9 Å². The molecule has 0 aliphatic rings. The molecule has 1 aromatic carbocycles. The minimum Gasteiger partial charge on any atom is -0.493 e. The lowest BCUT2D eigenvalue weighted by atomic mass is 10.0. The van der Waals surface area contributed by atoms with Gasteiger partial charge in [0.1, 0.15) is 5.75 Å². The van der Waals surface area contributed by atoms with Crippen molar-refractivity contribution in [2.75, 3.05) is 13.3 Å². The summed E-state index contributed by atoms with van der Waals surface area (Å²) in [7, 11) is 0. The van der Waals surface area contributed by atoms with Crippen LogP contribution in [0.3, 0.4) is 0 Å². The highest BCUT2D eigenvalue weighted by Gasteiger charge is 2.07. The van der Waals surface area contributed by atoms with Gasteiger partial charge < -0.3 is 10.5 Å². The third-order valence-electron chi connectivity index (χ3n) is 2.57. The van der Waals surface area contributed by atoms with Crippen LogP contribution in [0.2, 0.25) is 0 Å². The second kappa shape index (κ2) is 7.67. The highest BCUT2D eigenvalue weighted by Crippen LogP contribution is 2.24. The highest BCUT2D eigenvalue weighted by molar-refractivity contribution is 9.10. The number of alkyl halides is 1. The smallest absolute Gasteiger partial charge is 0.119 e. The number of ether oxygens (including phenoxy) is 1. The van der Waals surface area contributed by atoms with Gasteiger partial charge in [-0.25, -0.2) is 0 Å². The summed E-state index contributed by atoms with van der Waals surface area (Å²) in [5.74, 6) is 0.778. The van der Waals surface area contributed by atoms with Crippen LogP contribution in [0, 0.1) is 0 Å². The van der Waals surface area contributed by atoms with Crippen LogP contribution in [-0.4, -0.2) is 19.3 Å². The van der Waals surface area contributed by atoms with Crippen molar-refractivity contribution in [1.29, 1.82) is 0 Å². The zero-order chi connectivity index (χ0) is 12.7. The van der Waals surface area contributed by atoms with E-state index in [1.54, 1.807) is 0 Å². The summed E-state index contributed by atoms with van der Waals surface area (Å²) in [5.41, 5.74) is 7.07. The average Bonchev–Trinajstić information content (AvgIpc) is 2.33. The molecule has 96 valence electrons. The van der Waals surface area contributed by atoms with E-state index in [0.717, 1.165) is 28.6 Å². The third-order valence-corrected chi connectivity index (χ3v) is 3.34. The van der Waals surface area contributed by atoms with Crippen molar-refractivity contribution >= 4 is 15.9 Å². The molecule has 0 heterocycles. The minimum absolute atomic E-state index is 0.160. The van der Waals surface area contributed by atoms with Crippen LogP contribution in [0.25, 0.3) is 0 Å². The topological polar surface area (TPSA) is 35.2 Å². The number of hydrogen-bond donors (Lipinski definition) is 1. The van der Waals surface area contributed by atoms with E-state index < -0.39 is 0 Å². The molecule has 0 aliphatic carbocycles. The summed E-state index contributed by atoms with van der Waals surface area (Å²) in [6.07, 6.45) is 2.19. The first-order valence-electron chi connectivity index (χ1n) is 5.90. The largest absolute Gasteiger partial charge is 0.493 e. The maximum Gasteiger partial charge on any atom is 0.119 e. The van der Waals surface area contributed by atoms with Crippen molar-refractivity contribution < 1.29 is 9.13 Å². The van der Waals surface area contributed by atoms with Gasteiger partial charge in [0, 0.05) is 16.9 Å². The Morgan fingerprint density at radius 2 is 2.24 bits per heavy atom. The van der Waals surface area contributed by atoms with Gasteiger partial charge in [-0.1, -0.05) is 22.9 Å². The molecule has 0 aromatic heterocycles. The van der Waals surface area contributed by atoms with Crippen molar-refractivity contribution in [3.63, 3.8) is 0 Å². The summed E-state index contributed by atoms with van der Waals surface area (Å²) in [6, 6.07) is 5.95. The van der Waals surface area contributed by atoms with Crippen molar-refractivity contribution in [2.45, 2.75) is 32.2 Å². The maximum atomic E-state index is 12.0. The standard InChI is InChI=1S/C13H19BrFNO/c1-2-11(16)8-10-9-12(4-5-13(10)14)17-7-3-6-15/h4-5,9,11H,2-3,6-8,16H2,1H3. The van der Waals surface area contributed by atoms with Crippen LogP contribution < -0.4 is 10.5 Å². The number of nitrogens with two attached hydrogens (primary N) is 1. The molecular weight excluding hydrogens is 285 g/mol. The number of rotatable bonds is 7. The van der Waals surface area contributed by atoms with E-state index in [2.05, 4.69) is 22.9 Å². The Morgan fingerprint density at radius 1 is 1.47 bits per heavy atom. The van der Waals surface area contributed by atoms with Crippen LogP contribution in [0.4, 0.5) is 4.39 Å². The normalized spacial score (nSPS) is 12.5. The quantitative estimate of drug-likeness (QED) is 0.783. The van der Waals surface area contributed by atoms with Crippen molar-refractivity contribution in [1.82, 2.24) is 0 Å². The first-order valence-corrected chi connectivity index (χ1v) is 6.69. The van der Waals surface area contributed by atoms with Gasteiger partial charge in [0.2, 0.25) is 0 Å². The Labute approximate surface area is 110 Å². The molecule has 0 fully saturated rings. The predicted octanol–water partition coefficient (Wildman–Crippen LogP) is 3.47. The molecule has 1 unspecified atom stereocenters. The van der Waals surface area contributed by atoms with Gasteiger partial charge >= 0.3 is 0 Å².